The summed E-state index contributed by atoms with van der Waals surface area (Å²) in [6, 6.07) is 9.91. The van der Waals surface area contributed by atoms with Gasteiger partial charge in [-0.05, 0) is 43.5 Å². The monoisotopic (exact) mass is 395 g/mol. The number of rotatable bonds is 7. The Morgan fingerprint density at radius 3 is 2.69 bits per heavy atom. The van der Waals surface area contributed by atoms with E-state index in [1.807, 2.05) is 0 Å². The van der Waals surface area contributed by atoms with Crippen LogP contribution in [0, 0.1) is 0 Å². The molecule has 152 valence electrons. The van der Waals surface area contributed by atoms with Crippen molar-refractivity contribution in [3.8, 4) is 17.2 Å². The number of methoxy groups -OCH3 is 1. The molecule has 1 aliphatic rings. The Kier molecular flexibility index (Phi) is 6.54. The molecule has 1 amide bonds. The molecular weight excluding hydrogens is 370 g/mol. The van der Waals surface area contributed by atoms with Gasteiger partial charge in [-0.3, -0.25) is 9.59 Å². The van der Waals surface area contributed by atoms with Crippen LogP contribution in [-0.4, -0.2) is 48.5 Å². The molecule has 0 bridgehead atoms. The van der Waals surface area contributed by atoms with E-state index in [1.165, 1.54) is 7.11 Å². The molecule has 1 aliphatic heterocycles. The number of nitrogens with zero attached hydrogens (tertiary/aromatic N) is 1. The number of ether oxygens (including phenoxy) is 2. The Labute approximate surface area is 170 Å². The van der Waals surface area contributed by atoms with Crippen LogP contribution in [0.1, 0.15) is 45.5 Å². The second kappa shape index (κ2) is 9.28. The summed E-state index contributed by atoms with van der Waals surface area (Å²) in [5, 5.41) is 9.96. The van der Waals surface area contributed by atoms with Gasteiger partial charge in [0, 0.05) is 6.54 Å². The van der Waals surface area contributed by atoms with Crippen LogP contribution in [0.5, 0.6) is 17.2 Å². The highest BCUT2D eigenvalue weighted by molar-refractivity contribution is 6.03. The quantitative estimate of drug-likeness (QED) is 0.719. The average Bonchev–Trinajstić information content (AvgIpc) is 2.76. The molecule has 1 fully saturated rings. The summed E-state index contributed by atoms with van der Waals surface area (Å²) < 4.78 is 11.2. The zero-order chi connectivity index (χ0) is 20.8. The second-order valence-corrected chi connectivity index (χ2v) is 6.89. The fourth-order valence-corrected chi connectivity index (χ4v) is 3.68. The van der Waals surface area contributed by atoms with Gasteiger partial charge in [-0.1, -0.05) is 24.8 Å². The Morgan fingerprint density at radius 2 is 1.97 bits per heavy atom. The lowest BCUT2D eigenvalue weighted by Gasteiger charge is -2.36. The predicted octanol–water partition coefficient (Wildman–Crippen LogP) is 3.93. The number of benzene rings is 2. The largest absolute Gasteiger partial charge is 0.507 e. The predicted molar refractivity (Wildman–Crippen MR) is 111 cm³/mol. The molecule has 0 aromatic heterocycles. The van der Waals surface area contributed by atoms with Gasteiger partial charge in [-0.15, -0.1) is 0 Å². The van der Waals surface area contributed by atoms with Crippen LogP contribution >= 0.6 is 0 Å². The highest BCUT2D eigenvalue weighted by Gasteiger charge is 2.30. The number of aromatic hydroxyl groups is 1. The smallest absolute Gasteiger partial charge is 0.255 e. The molecular formula is C23H25NO5. The normalized spacial score (nSPS) is 16.2. The number of phenolic OH excluding ortho intramolecular Hbond substituents is 1. The molecule has 1 atom stereocenters. The van der Waals surface area contributed by atoms with Gasteiger partial charge in [-0.25, -0.2) is 0 Å². The summed E-state index contributed by atoms with van der Waals surface area (Å²) in [5.74, 6) is 0.791. The summed E-state index contributed by atoms with van der Waals surface area (Å²) in [7, 11) is 1.47. The van der Waals surface area contributed by atoms with Crippen LogP contribution in [0.2, 0.25) is 0 Å². The number of hydrogen-bond donors (Lipinski definition) is 1. The van der Waals surface area contributed by atoms with Crippen LogP contribution < -0.4 is 9.47 Å². The van der Waals surface area contributed by atoms with Crippen molar-refractivity contribution in [1.29, 1.82) is 0 Å². The molecule has 1 N–H and O–H groups in total. The lowest BCUT2D eigenvalue weighted by molar-refractivity contribution is 0.0526. The topological polar surface area (TPSA) is 76.1 Å². The average molecular weight is 395 g/mol. The molecule has 0 spiro atoms. The van der Waals surface area contributed by atoms with Crippen molar-refractivity contribution >= 4 is 18.3 Å². The Morgan fingerprint density at radius 1 is 1.21 bits per heavy atom. The van der Waals surface area contributed by atoms with Gasteiger partial charge < -0.3 is 19.5 Å². The van der Waals surface area contributed by atoms with Gasteiger partial charge in [0.15, 0.2) is 6.29 Å². The molecule has 2 aromatic rings. The van der Waals surface area contributed by atoms with Crippen molar-refractivity contribution in [1.82, 2.24) is 4.90 Å². The lowest BCUT2D eigenvalue weighted by atomic mass is 9.99. The van der Waals surface area contributed by atoms with Crippen LogP contribution in [0.15, 0.2) is 43.0 Å². The van der Waals surface area contributed by atoms with Crippen molar-refractivity contribution in [3.63, 3.8) is 0 Å². The van der Waals surface area contributed by atoms with Crippen molar-refractivity contribution in [2.75, 3.05) is 20.3 Å². The van der Waals surface area contributed by atoms with Gasteiger partial charge >= 0.3 is 0 Å². The number of carbonyl (C=O) groups is 2. The summed E-state index contributed by atoms with van der Waals surface area (Å²) in [4.78, 5) is 26.6. The van der Waals surface area contributed by atoms with E-state index in [1.54, 1.807) is 47.4 Å². The molecule has 3 rings (SSSR count). The molecule has 0 saturated carbocycles. The van der Waals surface area contributed by atoms with E-state index in [4.69, 9.17) is 9.47 Å². The first kappa shape index (κ1) is 20.5. The summed E-state index contributed by atoms with van der Waals surface area (Å²) in [6.07, 6.45) is 4.89. The summed E-state index contributed by atoms with van der Waals surface area (Å²) in [5.41, 5.74) is 1.11. The maximum Gasteiger partial charge on any atom is 0.255 e. The van der Waals surface area contributed by atoms with E-state index >= 15 is 0 Å². The molecule has 0 radical (unpaired) electrons. The van der Waals surface area contributed by atoms with Gasteiger partial charge in [-0.2, -0.15) is 0 Å². The van der Waals surface area contributed by atoms with Crippen LogP contribution in [0.25, 0.3) is 6.08 Å². The lowest BCUT2D eigenvalue weighted by Crippen LogP contribution is -2.47. The van der Waals surface area contributed by atoms with E-state index in [9.17, 15) is 14.7 Å². The standard InChI is InChI=1S/C23H25NO5/c1-3-17-20(26)10-7-12-22(17)29-15-16-8-4-5-13-24(16)23(27)18-9-6-11-21(28-2)19(18)14-25/h3,6-7,9-12,14,16,26H,1,4-5,8,13,15H2,2H3/t16-/m0/s1. The van der Waals surface area contributed by atoms with Crippen LogP contribution in [0.3, 0.4) is 0 Å². The third kappa shape index (κ3) is 4.26. The molecule has 0 aliphatic carbocycles. The van der Waals surface area contributed by atoms with Crippen LogP contribution in [0.4, 0.5) is 0 Å². The molecule has 29 heavy (non-hydrogen) atoms. The molecule has 6 nitrogen and oxygen atoms in total. The van der Waals surface area contributed by atoms with E-state index in [-0.39, 0.29) is 29.9 Å². The SMILES string of the molecule is C=Cc1c(O)cccc1OC[C@@H]1CCCCN1C(=O)c1cccc(OC)c1C=O. The minimum Gasteiger partial charge on any atom is -0.507 e. The minimum absolute atomic E-state index is 0.0982. The van der Waals surface area contributed by atoms with Gasteiger partial charge in [0.05, 0.1) is 29.8 Å². The summed E-state index contributed by atoms with van der Waals surface area (Å²) in [6.45, 7) is 4.60. The number of amides is 1. The van der Waals surface area contributed by atoms with Crippen molar-refractivity contribution in [2.24, 2.45) is 0 Å². The zero-order valence-corrected chi connectivity index (χ0v) is 16.5. The number of aldehydes is 1. The van der Waals surface area contributed by atoms with Gasteiger partial charge in [0.2, 0.25) is 0 Å². The third-order valence-electron chi connectivity index (χ3n) is 5.20. The van der Waals surface area contributed by atoms with E-state index in [2.05, 4.69) is 6.58 Å². The number of piperidine rings is 1. The van der Waals surface area contributed by atoms with E-state index in [0.29, 0.717) is 35.5 Å². The number of likely N-dealkylation sites (tertiary alicyclic amines) is 1. The molecule has 1 saturated heterocycles. The van der Waals surface area contributed by atoms with Gasteiger partial charge in [0.25, 0.3) is 5.91 Å². The first-order chi connectivity index (χ1) is 14.1. The highest BCUT2D eigenvalue weighted by Crippen LogP contribution is 2.30. The Hall–Kier alpha value is -3.28. The van der Waals surface area contributed by atoms with Crippen LogP contribution in [-0.2, 0) is 0 Å². The maximum absolute atomic E-state index is 13.2. The fraction of sp³-hybridized carbons (Fsp3) is 0.304. The van der Waals surface area contributed by atoms with E-state index in [0.717, 1.165) is 19.3 Å². The third-order valence-corrected chi connectivity index (χ3v) is 5.20. The van der Waals surface area contributed by atoms with Crippen molar-refractivity contribution in [2.45, 2.75) is 25.3 Å². The number of phenols is 1. The molecule has 6 heteroatoms. The molecule has 2 aromatic carbocycles. The Balaban J connectivity index is 1.82. The minimum atomic E-state index is -0.209. The molecule has 0 unspecified atom stereocenters. The van der Waals surface area contributed by atoms with E-state index < -0.39 is 0 Å². The fourth-order valence-electron chi connectivity index (χ4n) is 3.68. The first-order valence-electron chi connectivity index (χ1n) is 9.61. The Bertz CT molecular complexity index is 908. The first-order valence-corrected chi connectivity index (χ1v) is 9.61. The second-order valence-electron chi connectivity index (χ2n) is 6.89. The van der Waals surface area contributed by atoms with Crippen molar-refractivity contribution < 1.29 is 24.2 Å². The highest BCUT2D eigenvalue weighted by atomic mass is 16.5. The number of hydrogen-bond acceptors (Lipinski definition) is 5. The van der Waals surface area contributed by atoms with Gasteiger partial charge in [0.1, 0.15) is 23.9 Å². The zero-order valence-electron chi connectivity index (χ0n) is 16.5. The number of carbonyl (C=O) groups excluding carboxylic acids is 2. The maximum atomic E-state index is 13.2. The summed E-state index contributed by atoms with van der Waals surface area (Å²) >= 11 is 0. The molecule has 1 heterocycles. The van der Waals surface area contributed by atoms with Crippen molar-refractivity contribution in [3.05, 3.63) is 59.7 Å².